The lowest BCUT2D eigenvalue weighted by molar-refractivity contribution is 1.12. The van der Waals surface area contributed by atoms with Gasteiger partial charge >= 0.3 is 0 Å². The molecule has 0 fully saturated rings. The lowest BCUT2D eigenvalue weighted by Gasteiger charge is -1.96. The van der Waals surface area contributed by atoms with Gasteiger partial charge in [-0.1, -0.05) is 36.4 Å². The van der Waals surface area contributed by atoms with E-state index in [0.717, 1.165) is 29.9 Å². The van der Waals surface area contributed by atoms with Gasteiger partial charge in [-0.25, -0.2) is 9.97 Å². The Labute approximate surface area is 151 Å². The zero-order valence-corrected chi connectivity index (χ0v) is 14.1. The summed E-state index contributed by atoms with van der Waals surface area (Å²) >= 11 is 0. The minimum absolute atomic E-state index is 0.979. The molecule has 2 aliphatic rings. The fraction of sp³-hybridized carbons (Fsp3) is 0.0909. The van der Waals surface area contributed by atoms with Crippen molar-refractivity contribution in [3.8, 4) is 22.6 Å². The van der Waals surface area contributed by atoms with Gasteiger partial charge in [0.25, 0.3) is 0 Å². The number of nitrogens with zero attached hydrogens (tertiary/aromatic N) is 4. The fourth-order valence-electron chi connectivity index (χ4n) is 3.64. The summed E-state index contributed by atoms with van der Waals surface area (Å²) in [5, 5.41) is 0. The summed E-state index contributed by atoms with van der Waals surface area (Å²) in [7, 11) is 0. The average molecular weight is 336 g/mol. The summed E-state index contributed by atoms with van der Waals surface area (Å²) in [5.41, 5.74) is 9.65. The normalized spacial score (nSPS) is 12.3. The average Bonchev–Trinajstić information content (AvgIpc) is 3.27. The van der Waals surface area contributed by atoms with E-state index in [1.807, 2.05) is 30.7 Å². The van der Waals surface area contributed by atoms with Gasteiger partial charge in [0.1, 0.15) is 6.33 Å². The van der Waals surface area contributed by atoms with Crippen LogP contribution < -0.4 is 0 Å². The third-order valence-corrected chi connectivity index (χ3v) is 4.83. The monoisotopic (exact) mass is 336 g/mol. The van der Waals surface area contributed by atoms with Crippen LogP contribution in [-0.2, 0) is 12.8 Å². The van der Waals surface area contributed by atoms with Crippen LogP contribution in [0, 0.1) is 0 Å². The highest BCUT2D eigenvalue weighted by molar-refractivity contribution is 5.72. The van der Waals surface area contributed by atoms with Crippen molar-refractivity contribution in [1.82, 2.24) is 19.9 Å². The molecule has 0 bridgehead atoms. The molecule has 1 aromatic carbocycles. The summed E-state index contributed by atoms with van der Waals surface area (Å²) in [6, 6.07) is 16.6. The van der Waals surface area contributed by atoms with Crippen LogP contribution in [0.2, 0.25) is 0 Å². The molecule has 0 radical (unpaired) electrons. The SMILES string of the molecule is c1ccc2c(c1)Cc1cncnc1-2.c1cnc2c(c1)Cc1cccnc1-2. The largest absolute Gasteiger partial charge is 0.254 e. The first-order valence-corrected chi connectivity index (χ1v) is 8.65. The zero-order valence-electron chi connectivity index (χ0n) is 14.1. The van der Waals surface area contributed by atoms with Crippen LogP contribution in [0.5, 0.6) is 0 Å². The second-order valence-corrected chi connectivity index (χ2v) is 6.43. The smallest absolute Gasteiger partial charge is 0.116 e. The van der Waals surface area contributed by atoms with Gasteiger partial charge in [-0.05, 0) is 28.8 Å². The van der Waals surface area contributed by atoms with E-state index in [-0.39, 0.29) is 0 Å². The van der Waals surface area contributed by atoms with Gasteiger partial charge in [0.2, 0.25) is 0 Å². The van der Waals surface area contributed by atoms with Gasteiger partial charge in [0.05, 0.1) is 17.1 Å². The Hall–Kier alpha value is -3.40. The maximum Gasteiger partial charge on any atom is 0.116 e. The Morgan fingerprint density at radius 1 is 0.577 bits per heavy atom. The van der Waals surface area contributed by atoms with Crippen molar-refractivity contribution in [1.29, 1.82) is 0 Å². The van der Waals surface area contributed by atoms with Crippen molar-refractivity contribution < 1.29 is 0 Å². The molecule has 0 amide bonds. The van der Waals surface area contributed by atoms with Crippen molar-refractivity contribution in [3.05, 3.63) is 95.7 Å². The summed E-state index contributed by atoms with van der Waals surface area (Å²) in [4.78, 5) is 17.0. The lowest BCUT2D eigenvalue weighted by atomic mass is 10.1. The number of aromatic nitrogens is 4. The standard InChI is InChI=1S/2C11H8N2/c1-3-8-7-9-4-2-6-13-11(9)10(8)12-5-1;1-2-4-10-8(3-1)5-9-6-12-7-13-11(9)10/h1-6H,7H2;1-4,6-7H,5H2. The van der Waals surface area contributed by atoms with Crippen LogP contribution in [0.15, 0.2) is 73.4 Å². The van der Waals surface area contributed by atoms with E-state index in [2.05, 4.69) is 56.3 Å². The summed E-state index contributed by atoms with van der Waals surface area (Å²) in [5.74, 6) is 0. The topological polar surface area (TPSA) is 51.6 Å². The highest BCUT2D eigenvalue weighted by Crippen LogP contribution is 2.33. The Bertz CT molecular complexity index is 928. The number of rotatable bonds is 0. The molecule has 0 N–H and O–H groups in total. The quantitative estimate of drug-likeness (QED) is 0.419. The highest BCUT2D eigenvalue weighted by atomic mass is 14.8. The molecule has 0 atom stereocenters. The summed E-state index contributed by atoms with van der Waals surface area (Å²) in [6.07, 6.45) is 9.12. The molecular weight excluding hydrogens is 320 g/mol. The number of pyridine rings is 2. The second-order valence-electron chi connectivity index (χ2n) is 6.43. The molecule has 4 nitrogen and oxygen atoms in total. The molecule has 124 valence electrons. The van der Waals surface area contributed by atoms with E-state index in [1.54, 1.807) is 6.33 Å². The molecule has 0 unspecified atom stereocenters. The van der Waals surface area contributed by atoms with Crippen LogP contribution in [0.1, 0.15) is 22.3 Å². The van der Waals surface area contributed by atoms with Crippen LogP contribution in [0.25, 0.3) is 22.6 Å². The lowest BCUT2D eigenvalue weighted by Crippen LogP contribution is -1.84. The molecule has 26 heavy (non-hydrogen) atoms. The Kier molecular flexibility index (Phi) is 3.53. The first-order chi connectivity index (χ1) is 12.9. The van der Waals surface area contributed by atoms with Gasteiger partial charge in [-0.3, -0.25) is 9.97 Å². The van der Waals surface area contributed by atoms with Crippen molar-refractivity contribution in [2.75, 3.05) is 0 Å². The van der Waals surface area contributed by atoms with E-state index in [0.29, 0.717) is 0 Å². The van der Waals surface area contributed by atoms with E-state index in [1.165, 1.54) is 27.8 Å². The van der Waals surface area contributed by atoms with Gasteiger partial charge in [0.15, 0.2) is 0 Å². The summed E-state index contributed by atoms with van der Waals surface area (Å²) < 4.78 is 0. The molecule has 0 aliphatic heterocycles. The molecular formula is C22H16N4. The number of fused-ring (bicyclic) bond motifs is 6. The maximum absolute atomic E-state index is 4.34. The minimum atomic E-state index is 0.979. The van der Waals surface area contributed by atoms with Gasteiger partial charge < -0.3 is 0 Å². The maximum atomic E-state index is 4.34. The summed E-state index contributed by atoms with van der Waals surface area (Å²) in [6.45, 7) is 0. The van der Waals surface area contributed by atoms with Crippen LogP contribution in [0.4, 0.5) is 0 Å². The first-order valence-electron chi connectivity index (χ1n) is 8.65. The van der Waals surface area contributed by atoms with Crippen molar-refractivity contribution in [3.63, 3.8) is 0 Å². The van der Waals surface area contributed by atoms with E-state index < -0.39 is 0 Å². The number of hydrogen-bond donors (Lipinski definition) is 0. The van der Waals surface area contributed by atoms with Gasteiger partial charge in [-0.2, -0.15) is 0 Å². The molecule has 0 saturated carbocycles. The van der Waals surface area contributed by atoms with Gasteiger partial charge in [0, 0.05) is 42.6 Å². The van der Waals surface area contributed by atoms with E-state index in [4.69, 9.17) is 0 Å². The Balaban J connectivity index is 0.000000115. The zero-order chi connectivity index (χ0) is 17.3. The molecule has 4 heteroatoms. The van der Waals surface area contributed by atoms with E-state index in [9.17, 15) is 0 Å². The molecule has 4 aromatic rings. The predicted molar refractivity (Wildman–Crippen MR) is 101 cm³/mol. The van der Waals surface area contributed by atoms with Crippen LogP contribution in [-0.4, -0.2) is 19.9 Å². The fourth-order valence-corrected chi connectivity index (χ4v) is 3.64. The number of benzene rings is 1. The molecule has 6 rings (SSSR count). The van der Waals surface area contributed by atoms with Crippen molar-refractivity contribution in [2.45, 2.75) is 12.8 Å². The van der Waals surface area contributed by atoms with Gasteiger partial charge in [-0.15, -0.1) is 0 Å². The predicted octanol–water partition coefficient (Wildman–Crippen LogP) is 4.10. The third-order valence-electron chi connectivity index (χ3n) is 4.83. The molecule has 3 aromatic heterocycles. The minimum Gasteiger partial charge on any atom is -0.254 e. The first kappa shape index (κ1) is 14.9. The molecule has 3 heterocycles. The Morgan fingerprint density at radius 2 is 1.23 bits per heavy atom. The molecule has 2 aliphatic carbocycles. The Morgan fingerprint density at radius 3 is 2.00 bits per heavy atom. The van der Waals surface area contributed by atoms with Crippen LogP contribution in [0.3, 0.4) is 0 Å². The highest BCUT2D eigenvalue weighted by Gasteiger charge is 2.19. The number of hydrogen-bond acceptors (Lipinski definition) is 4. The second kappa shape index (κ2) is 6.15. The third kappa shape index (κ3) is 2.47. The van der Waals surface area contributed by atoms with Crippen molar-refractivity contribution in [2.24, 2.45) is 0 Å². The van der Waals surface area contributed by atoms with Crippen molar-refractivity contribution >= 4 is 0 Å². The molecule has 0 spiro atoms. The van der Waals surface area contributed by atoms with Crippen LogP contribution >= 0.6 is 0 Å². The van der Waals surface area contributed by atoms with E-state index >= 15 is 0 Å². The molecule has 0 saturated heterocycles.